The normalized spacial score (nSPS) is 27.5. The average molecular weight is 418 g/mol. The lowest BCUT2D eigenvalue weighted by atomic mass is 10.1. The van der Waals surface area contributed by atoms with Crippen LogP contribution in [0.15, 0.2) is 36.7 Å². The molecule has 8 nitrogen and oxygen atoms in total. The second-order valence-corrected chi connectivity index (χ2v) is 7.68. The highest BCUT2D eigenvalue weighted by Gasteiger charge is 2.56. The van der Waals surface area contributed by atoms with Crippen LogP contribution in [0.1, 0.15) is 25.6 Å². The molecule has 0 aliphatic carbocycles. The molecule has 2 fully saturated rings. The molecular weight excluding hydrogens is 398 g/mol. The third-order valence-electron chi connectivity index (χ3n) is 5.13. The van der Waals surface area contributed by atoms with E-state index >= 15 is 0 Å². The van der Waals surface area contributed by atoms with E-state index in [9.17, 15) is 8.78 Å². The summed E-state index contributed by atoms with van der Waals surface area (Å²) in [4.78, 5) is 11.9. The van der Waals surface area contributed by atoms with E-state index in [-0.39, 0.29) is 23.7 Å². The van der Waals surface area contributed by atoms with Gasteiger partial charge in [-0.2, -0.15) is 14.4 Å². The molecule has 0 N–H and O–H groups in total. The van der Waals surface area contributed by atoms with Crippen LogP contribution in [0.4, 0.5) is 8.78 Å². The molecule has 30 heavy (non-hydrogen) atoms. The Hall–Kier alpha value is -2.69. The van der Waals surface area contributed by atoms with Gasteiger partial charge in [0, 0.05) is 0 Å². The Labute approximate surface area is 170 Å². The number of ether oxygens (including phenoxy) is 4. The Bertz CT molecular complexity index is 1060. The second kappa shape index (κ2) is 7.22. The minimum Gasteiger partial charge on any atom is -0.471 e. The van der Waals surface area contributed by atoms with Gasteiger partial charge in [0.2, 0.25) is 5.88 Å². The molecule has 4 heterocycles. The zero-order valence-electron chi connectivity index (χ0n) is 16.4. The predicted molar refractivity (Wildman–Crippen MR) is 99.8 cm³/mol. The second-order valence-electron chi connectivity index (χ2n) is 7.68. The maximum Gasteiger partial charge on any atom is 0.314 e. The summed E-state index contributed by atoms with van der Waals surface area (Å²) in [6.07, 6.45) is -2.30. The van der Waals surface area contributed by atoms with Gasteiger partial charge in [-0.25, -0.2) is 9.37 Å². The number of hydrogen-bond donors (Lipinski definition) is 0. The highest BCUT2D eigenvalue weighted by atomic mass is 19.1. The number of aromatic nitrogens is 4. The van der Waals surface area contributed by atoms with E-state index in [1.54, 1.807) is 13.8 Å². The summed E-state index contributed by atoms with van der Waals surface area (Å²) < 4.78 is 52.5. The van der Waals surface area contributed by atoms with E-state index in [4.69, 9.17) is 18.9 Å². The van der Waals surface area contributed by atoms with Gasteiger partial charge in [0.1, 0.15) is 31.6 Å². The fraction of sp³-hybridized carbons (Fsp3) is 0.450. The molecule has 2 saturated heterocycles. The quantitative estimate of drug-likeness (QED) is 0.590. The zero-order chi connectivity index (χ0) is 20.9. The SMILES string of the molecule is CC1(C)O[C@@H]2[C@H](O1)[C@@H](CF)O[C@H]2n1cnc2c(OCc3ccccc3)nc(F)nc21. The largest absolute Gasteiger partial charge is 0.471 e. The Morgan fingerprint density at radius 2 is 1.90 bits per heavy atom. The molecule has 4 atom stereocenters. The number of halogens is 2. The van der Waals surface area contributed by atoms with Crippen LogP contribution in [0, 0.1) is 6.08 Å². The number of hydrogen-bond acceptors (Lipinski definition) is 7. The number of nitrogens with zero attached hydrogens (tertiary/aromatic N) is 4. The first-order valence-corrected chi connectivity index (χ1v) is 9.59. The molecule has 5 rings (SSSR count). The molecule has 158 valence electrons. The average Bonchev–Trinajstić information content (AvgIpc) is 3.37. The van der Waals surface area contributed by atoms with Crippen LogP contribution in [0.5, 0.6) is 5.88 Å². The monoisotopic (exact) mass is 418 g/mol. The van der Waals surface area contributed by atoms with Crippen molar-refractivity contribution in [3.05, 3.63) is 48.3 Å². The lowest BCUT2D eigenvalue weighted by Crippen LogP contribution is -2.30. The topological polar surface area (TPSA) is 80.5 Å². The Morgan fingerprint density at radius 1 is 1.13 bits per heavy atom. The van der Waals surface area contributed by atoms with E-state index < -0.39 is 43.1 Å². The van der Waals surface area contributed by atoms with E-state index in [1.807, 2.05) is 30.3 Å². The van der Waals surface area contributed by atoms with Crippen LogP contribution >= 0.6 is 0 Å². The first-order chi connectivity index (χ1) is 14.4. The van der Waals surface area contributed by atoms with E-state index in [0.29, 0.717) is 0 Å². The van der Waals surface area contributed by atoms with Crippen LogP contribution in [0.25, 0.3) is 11.2 Å². The van der Waals surface area contributed by atoms with Gasteiger partial charge in [0.15, 0.2) is 23.2 Å². The van der Waals surface area contributed by atoms with Crippen LogP contribution in [-0.4, -0.2) is 50.3 Å². The summed E-state index contributed by atoms with van der Waals surface area (Å²) in [5, 5.41) is 0. The Balaban J connectivity index is 1.48. The molecule has 0 bridgehead atoms. The standard InChI is InChI=1S/C20H20F2N4O4/c1-20(2)29-14-12(8-21)28-18(15(14)30-20)26-10-23-13-16(26)24-19(22)25-17(13)27-9-11-6-4-3-5-7-11/h3-7,10,12,14-15,18H,8-9H2,1-2H3/t12-,14-,15-,18-/m1/s1. The van der Waals surface area contributed by atoms with Crippen molar-refractivity contribution in [1.82, 2.24) is 19.5 Å². The lowest BCUT2D eigenvalue weighted by molar-refractivity contribution is -0.197. The molecule has 2 aliphatic heterocycles. The molecule has 0 amide bonds. The minimum atomic E-state index is -0.965. The van der Waals surface area contributed by atoms with Crippen LogP contribution in [0.3, 0.4) is 0 Å². The fourth-order valence-electron chi connectivity index (χ4n) is 3.89. The van der Waals surface area contributed by atoms with Gasteiger partial charge in [0.25, 0.3) is 0 Å². The Morgan fingerprint density at radius 3 is 2.67 bits per heavy atom. The van der Waals surface area contributed by atoms with E-state index in [2.05, 4.69) is 15.0 Å². The number of fused-ring (bicyclic) bond motifs is 2. The number of rotatable bonds is 5. The zero-order valence-corrected chi connectivity index (χ0v) is 16.4. The van der Waals surface area contributed by atoms with Crippen molar-refractivity contribution < 1.29 is 27.7 Å². The maximum atomic E-state index is 14.2. The first-order valence-electron chi connectivity index (χ1n) is 9.59. The molecule has 2 aliphatic rings. The molecule has 2 aromatic heterocycles. The van der Waals surface area contributed by atoms with Crippen molar-refractivity contribution in [2.24, 2.45) is 0 Å². The summed E-state index contributed by atoms with van der Waals surface area (Å²) in [6.45, 7) is 2.96. The predicted octanol–water partition coefficient (Wildman–Crippen LogP) is 2.93. The highest BCUT2D eigenvalue weighted by Crippen LogP contribution is 2.44. The first kappa shape index (κ1) is 19.3. The molecule has 0 spiro atoms. The van der Waals surface area contributed by atoms with Gasteiger partial charge in [-0.05, 0) is 19.4 Å². The molecule has 0 unspecified atom stereocenters. The van der Waals surface area contributed by atoms with Crippen molar-refractivity contribution in [2.45, 2.75) is 50.8 Å². The molecule has 1 aromatic carbocycles. The summed E-state index contributed by atoms with van der Waals surface area (Å²) in [5.41, 5.74) is 1.34. The molecular formula is C20H20F2N4O4. The highest BCUT2D eigenvalue weighted by molar-refractivity contribution is 5.76. The van der Waals surface area contributed by atoms with Crippen LogP contribution in [0.2, 0.25) is 0 Å². The van der Waals surface area contributed by atoms with Crippen LogP contribution in [-0.2, 0) is 20.8 Å². The third-order valence-corrected chi connectivity index (χ3v) is 5.13. The van der Waals surface area contributed by atoms with Gasteiger partial charge >= 0.3 is 6.08 Å². The maximum absolute atomic E-state index is 14.2. The molecule has 0 radical (unpaired) electrons. The van der Waals surface area contributed by atoms with Gasteiger partial charge < -0.3 is 18.9 Å². The van der Waals surface area contributed by atoms with Crippen molar-refractivity contribution >= 4 is 11.2 Å². The third kappa shape index (κ3) is 3.30. The number of alkyl halides is 1. The molecule has 10 heteroatoms. The van der Waals surface area contributed by atoms with Gasteiger partial charge in [-0.1, -0.05) is 30.3 Å². The summed E-state index contributed by atoms with van der Waals surface area (Å²) >= 11 is 0. The van der Waals surface area contributed by atoms with Crippen molar-refractivity contribution in [3.8, 4) is 5.88 Å². The summed E-state index contributed by atoms with van der Waals surface area (Å²) in [7, 11) is 0. The molecule has 3 aromatic rings. The van der Waals surface area contributed by atoms with Crippen molar-refractivity contribution in [2.75, 3.05) is 6.67 Å². The van der Waals surface area contributed by atoms with Gasteiger partial charge in [-0.15, -0.1) is 0 Å². The lowest BCUT2D eigenvalue weighted by Gasteiger charge is -2.24. The summed E-state index contributed by atoms with van der Waals surface area (Å²) in [6, 6.07) is 9.42. The fourth-order valence-corrected chi connectivity index (χ4v) is 3.89. The number of benzene rings is 1. The Kier molecular flexibility index (Phi) is 4.64. The van der Waals surface area contributed by atoms with Gasteiger partial charge in [0.05, 0.1) is 6.33 Å². The van der Waals surface area contributed by atoms with Gasteiger partial charge in [-0.3, -0.25) is 4.57 Å². The van der Waals surface area contributed by atoms with Crippen molar-refractivity contribution in [1.29, 1.82) is 0 Å². The minimum absolute atomic E-state index is 0.0145. The molecule has 0 saturated carbocycles. The van der Waals surface area contributed by atoms with E-state index in [0.717, 1.165) is 5.56 Å². The summed E-state index contributed by atoms with van der Waals surface area (Å²) in [5.74, 6) is -0.869. The van der Waals surface area contributed by atoms with Crippen LogP contribution < -0.4 is 4.74 Å². The van der Waals surface area contributed by atoms with E-state index in [1.165, 1.54) is 10.9 Å². The smallest absolute Gasteiger partial charge is 0.314 e. The number of imidazole rings is 1. The van der Waals surface area contributed by atoms with Crippen molar-refractivity contribution in [3.63, 3.8) is 0 Å².